The molecule has 0 spiro atoms. The highest BCUT2D eigenvalue weighted by Crippen LogP contribution is 2.08. The average molecular weight is 267 g/mol. The molecule has 0 aliphatic carbocycles. The van der Waals surface area contributed by atoms with Gasteiger partial charge in [-0.2, -0.15) is 5.10 Å². The van der Waals surface area contributed by atoms with Gasteiger partial charge < -0.3 is 5.73 Å². The number of rotatable bonds is 3. The second-order valence-electron chi connectivity index (χ2n) is 4.68. The SMILES string of the molecule is Cc1ccc(C)c(C=NNC(=O)c2ccc(N)cc2)c1. The zero-order valence-corrected chi connectivity index (χ0v) is 11.6. The third-order valence-corrected chi connectivity index (χ3v) is 2.98. The molecule has 3 N–H and O–H groups in total. The van der Waals surface area contributed by atoms with Crippen molar-refractivity contribution in [2.24, 2.45) is 5.10 Å². The maximum Gasteiger partial charge on any atom is 0.271 e. The Kier molecular flexibility index (Phi) is 4.15. The Morgan fingerprint density at radius 1 is 1.15 bits per heavy atom. The zero-order valence-electron chi connectivity index (χ0n) is 11.6. The fourth-order valence-corrected chi connectivity index (χ4v) is 1.76. The molecule has 0 atom stereocenters. The molecule has 0 aliphatic rings. The van der Waals surface area contributed by atoms with Crippen LogP contribution < -0.4 is 11.2 Å². The molecule has 0 aromatic heterocycles. The van der Waals surface area contributed by atoms with Crippen LogP contribution in [0.2, 0.25) is 0 Å². The third-order valence-electron chi connectivity index (χ3n) is 2.98. The van der Waals surface area contributed by atoms with E-state index in [4.69, 9.17) is 5.73 Å². The van der Waals surface area contributed by atoms with E-state index in [2.05, 4.69) is 10.5 Å². The number of carbonyl (C=O) groups is 1. The predicted octanol–water partition coefficient (Wildman–Crippen LogP) is 2.65. The molecule has 0 fully saturated rings. The van der Waals surface area contributed by atoms with E-state index >= 15 is 0 Å². The van der Waals surface area contributed by atoms with Crippen LogP contribution in [0.5, 0.6) is 0 Å². The van der Waals surface area contributed by atoms with Crippen molar-refractivity contribution in [3.8, 4) is 0 Å². The molecular formula is C16H17N3O. The van der Waals surface area contributed by atoms with Gasteiger partial charge in [0.1, 0.15) is 0 Å². The molecule has 20 heavy (non-hydrogen) atoms. The molecule has 0 bridgehead atoms. The molecule has 4 heteroatoms. The predicted molar refractivity (Wildman–Crippen MR) is 81.8 cm³/mol. The van der Waals surface area contributed by atoms with Gasteiger partial charge in [-0.25, -0.2) is 5.43 Å². The second-order valence-corrected chi connectivity index (χ2v) is 4.68. The van der Waals surface area contributed by atoms with Crippen molar-refractivity contribution >= 4 is 17.8 Å². The summed E-state index contributed by atoms with van der Waals surface area (Å²) in [7, 11) is 0. The van der Waals surface area contributed by atoms with Crippen molar-refractivity contribution in [1.82, 2.24) is 5.43 Å². The number of aryl methyl sites for hydroxylation is 2. The molecule has 102 valence electrons. The quantitative estimate of drug-likeness (QED) is 0.510. The van der Waals surface area contributed by atoms with Crippen LogP contribution in [0.25, 0.3) is 0 Å². The van der Waals surface area contributed by atoms with Crippen LogP contribution in [0.3, 0.4) is 0 Å². The Morgan fingerprint density at radius 2 is 1.85 bits per heavy atom. The summed E-state index contributed by atoms with van der Waals surface area (Å²) in [4.78, 5) is 11.8. The summed E-state index contributed by atoms with van der Waals surface area (Å²) < 4.78 is 0. The molecule has 0 saturated carbocycles. The molecule has 0 heterocycles. The highest BCUT2D eigenvalue weighted by Gasteiger charge is 2.03. The van der Waals surface area contributed by atoms with Crippen molar-refractivity contribution in [3.05, 3.63) is 64.7 Å². The number of nitrogens with one attached hydrogen (secondary N) is 1. The highest BCUT2D eigenvalue weighted by atomic mass is 16.2. The molecule has 0 aliphatic heterocycles. The summed E-state index contributed by atoms with van der Waals surface area (Å²) in [6, 6.07) is 12.8. The molecule has 2 rings (SSSR count). The lowest BCUT2D eigenvalue weighted by Gasteiger charge is -2.02. The van der Waals surface area contributed by atoms with Crippen molar-refractivity contribution < 1.29 is 4.79 Å². The van der Waals surface area contributed by atoms with Crippen LogP contribution in [-0.4, -0.2) is 12.1 Å². The largest absolute Gasteiger partial charge is 0.399 e. The van der Waals surface area contributed by atoms with Crippen LogP contribution in [0.4, 0.5) is 5.69 Å². The number of anilines is 1. The standard InChI is InChI=1S/C16H17N3O/c1-11-3-4-12(2)14(9-11)10-18-19-16(20)13-5-7-15(17)8-6-13/h3-10H,17H2,1-2H3,(H,19,20). The summed E-state index contributed by atoms with van der Waals surface area (Å²) in [5.41, 5.74) is 12.5. The van der Waals surface area contributed by atoms with E-state index in [9.17, 15) is 4.79 Å². The fourth-order valence-electron chi connectivity index (χ4n) is 1.76. The lowest BCUT2D eigenvalue weighted by Crippen LogP contribution is -2.17. The Hall–Kier alpha value is -2.62. The van der Waals surface area contributed by atoms with Crippen molar-refractivity contribution in [3.63, 3.8) is 0 Å². The first kappa shape index (κ1) is 13.8. The molecule has 0 saturated heterocycles. The Morgan fingerprint density at radius 3 is 2.55 bits per heavy atom. The molecule has 0 radical (unpaired) electrons. The minimum atomic E-state index is -0.258. The minimum Gasteiger partial charge on any atom is -0.399 e. The maximum absolute atomic E-state index is 11.8. The van der Waals surface area contributed by atoms with Crippen LogP contribution in [0, 0.1) is 13.8 Å². The Balaban J connectivity index is 2.04. The maximum atomic E-state index is 11.8. The molecule has 2 aromatic carbocycles. The first-order chi connectivity index (χ1) is 9.56. The summed E-state index contributed by atoms with van der Waals surface area (Å²) in [5.74, 6) is -0.258. The van der Waals surface area contributed by atoms with Gasteiger partial charge in [-0.3, -0.25) is 4.79 Å². The molecule has 0 unspecified atom stereocenters. The zero-order chi connectivity index (χ0) is 14.5. The summed E-state index contributed by atoms with van der Waals surface area (Å²) in [6.45, 7) is 4.02. The summed E-state index contributed by atoms with van der Waals surface area (Å²) >= 11 is 0. The van der Waals surface area contributed by atoms with Crippen molar-refractivity contribution in [1.29, 1.82) is 0 Å². The van der Waals surface area contributed by atoms with E-state index < -0.39 is 0 Å². The number of hydrogen-bond acceptors (Lipinski definition) is 3. The Bertz CT molecular complexity index is 645. The van der Waals surface area contributed by atoms with Crippen LogP contribution >= 0.6 is 0 Å². The Labute approximate surface area is 118 Å². The number of nitrogens with zero attached hydrogens (tertiary/aromatic N) is 1. The molecule has 1 amide bonds. The van der Waals surface area contributed by atoms with E-state index in [1.807, 2.05) is 32.0 Å². The van der Waals surface area contributed by atoms with E-state index in [-0.39, 0.29) is 5.91 Å². The fraction of sp³-hybridized carbons (Fsp3) is 0.125. The average Bonchev–Trinajstić information content (AvgIpc) is 2.43. The normalized spacial score (nSPS) is 10.7. The van der Waals surface area contributed by atoms with Crippen LogP contribution in [-0.2, 0) is 0 Å². The van der Waals surface area contributed by atoms with Gasteiger partial charge in [0.15, 0.2) is 0 Å². The first-order valence-corrected chi connectivity index (χ1v) is 6.32. The van der Waals surface area contributed by atoms with Crippen molar-refractivity contribution in [2.75, 3.05) is 5.73 Å². The number of hydrogen-bond donors (Lipinski definition) is 2. The third kappa shape index (κ3) is 3.45. The lowest BCUT2D eigenvalue weighted by atomic mass is 10.1. The van der Waals surface area contributed by atoms with Crippen LogP contribution in [0.15, 0.2) is 47.6 Å². The monoisotopic (exact) mass is 267 g/mol. The minimum absolute atomic E-state index is 0.258. The number of nitrogen functional groups attached to an aromatic ring is 1. The van der Waals surface area contributed by atoms with Gasteiger partial charge in [-0.1, -0.05) is 23.8 Å². The molecule has 4 nitrogen and oxygen atoms in total. The van der Waals surface area contributed by atoms with Crippen molar-refractivity contribution in [2.45, 2.75) is 13.8 Å². The van der Waals surface area contributed by atoms with Gasteiger partial charge in [-0.15, -0.1) is 0 Å². The van der Waals surface area contributed by atoms with E-state index in [0.29, 0.717) is 11.3 Å². The van der Waals surface area contributed by atoms with Gasteiger partial charge in [0.05, 0.1) is 6.21 Å². The van der Waals surface area contributed by atoms with E-state index in [1.54, 1.807) is 30.5 Å². The summed E-state index contributed by atoms with van der Waals surface area (Å²) in [6.07, 6.45) is 1.65. The molecular weight excluding hydrogens is 250 g/mol. The van der Waals surface area contributed by atoms with Gasteiger partial charge in [-0.05, 0) is 49.2 Å². The van der Waals surface area contributed by atoms with E-state index in [0.717, 1.165) is 16.7 Å². The lowest BCUT2D eigenvalue weighted by molar-refractivity contribution is 0.0955. The number of hydrazone groups is 1. The number of benzene rings is 2. The number of amides is 1. The summed E-state index contributed by atoms with van der Waals surface area (Å²) in [5, 5.41) is 3.99. The molecule has 2 aromatic rings. The van der Waals surface area contributed by atoms with Gasteiger partial charge >= 0.3 is 0 Å². The smallest absolute Gasteiger partial charge is 0.271 e. The number of carbonyl (C=O) groups excluding carboxylic acids is 1. The second kappa shape index (κ2) is 6.02. The number of nitrogens with two attached hydrogens (primary N) is 1. The van der Waals surface area contributed by atoms with Gasteiger partial charge in [0.2, 0.25) is 0 Å². The first-order valence-electron chi connectivity index (χ1n) is 6.32. The van der Waals surface area contributed by atoms with Crippen LogP contribution in [0.1, 0.15) is 27.0 Å². The topological polar surface area (TPSA) is 67.5 Å². The van der Waals surface area contributed by atoms with E-state index in [1.165, 1.54) is 0 Å². The van der Waals surface area contributed by atoms with Gasteiger partial charge in [0.25, 0.3) is 5.91 Å². The highest BCUT2D eigenvalue weighted by molar-refractivity contribution is 5.95. The van der Waals surface area contributed by atoms with Gasteiger partial charge in [0, 0.05) is 11.3 Å².